The predicted molar refractivity (Wildman–Crippen MR) is 80.6 cm³/mol. The fourth-order valence-corrected chi connectivity index (χ4v) is 2.91. The molecular weight excluding hydrogens is 290 g/mol. The second-order valence-corrected chi connectivity index (χ2v) is 6.31. The molecule has 2 aromatic heterocycles. The van der Waals surface area contributed by atoms with E-state index in [4.69, 9.17) is 4.42 Å². The van der Waals surface area contributed by atoms with E-state index in [2.05, 4.69) is 15.0 Å². The molecule has 0 bridgehead atoms. The predicted octanol–water partition coefficient (Wildman–Crippen LogP) is 2.20. The molecule has 114 valence electrons. The fourth-order valence-electron chi connectivity index (χ4n) is 1.84. The third-order valence-electron chi connectivity index (χ3n) is 2.92. The van der Waals surface area contributed by atoms with Gasteiger partial charge in [0.25, 0.3) is 10.0 Å². The minimum absolute atomic E-state index is 0.102. The highest BCUT2D eigenvalue weighted by Gasteiger charge is 2.20. The molecule has 0 radical (unpaired) electrons. The summed E-state index contributed by atoms with van der Waals surface area (Å²) in [6.45, 7) is 6.86. The lowest BCUT2D eigenvalue weighted by Gasteiger charge is -2.08. The summed E-state index contributed by atoms with van der Waals surface area (Å²) in [6, 6.07) is 6.55. The fraction of sp³-hybridized carbons (Fsp3) is 0.357. The smallest absolute Gasteiger partial charge is 0.295 e. The van der Waals surface area contributed by atoms with Gasteiger partial charge in [0, 0.05) is 5.69 Å². The average molecular weight is 309 g/mol. The first-order valence-electron chi connectivity index (χ1n) is 6.69. The van der Waals surface area contributed by atoms with Crippen LogP contribution in [0.3, 0.4) is 0 Å². The first-order chi connectivity index (χ1) is 9.92. The number of anilines is 1. The van der Waals surface area contributed by atoms with Crippen molar-refractivity contribution in [3.05, 3.63) is 41.4 Å². The molecule has 0 amide bonds. The van der Waals surface area contributed by atoms with Gasteiger partial charge in [-0.1, -0.05) is 6.92 Å². The van der Waals surface area contributed by atoms with Gasteiger partial charge < -0.3 is 9.73 Å². The molecule has 2 N–H and O–H groups in total. The van der Waals surface area contributed by atoms with Crippen molar-refractivity contribution in [3.8, 4) is 0 Å². The SMILES string of the molecule is CCNCc1ccc(S(=O)(=O)Nc2ccc(C)nc2C)o1. The summed E-state index contributed by atoms with van der Waals surface area (Å²) in [4.78, 5) is 4.23. The van der Waals surface area contributed by atoms with Crippen LogP contribution in [0.5, 0.6) is 0 Å². The van der Waals surface area contributed by atoms with Crippen molar-refractivity contribution < 1.29 is 12.8 Å². The lowest BCUT2D eigenvalue weighted by molar-refractivity contribution is 0.405. The molecule has 0 aliphatic rings. The highest BCUT2D eigenvalue weighted by Crippen LogP contribution is 2.20. The normalized spacial score (nSPS) is 11.6. The molecule has 2 rings (SSSR count). The first kappa shape index (κ1) is 15.5. The highest BCUT2D eigenvalue weighted by atomic mass is 32.2. The Morgan fingerprint density at radius 2 is 1.95 bits per heavy atom. The minimum Gasteiger partial charge on any atom is -0.446 e. The molecular formula is C14H19N3O3S. The second kappa shape index (κ2) is 6.28. The number of hydrogen-bond donors (Lipinski definition) is 2. The summed E-state index contributed by atoms with van der Waals surface area (Å²) in [7, 11) is -3.74. The van der Waals surface area contributed by atoms with E-state index in [1.54, 1.807) is 25.1 Å². The molecule has 0 aliphatic carbocycles. The Morgan fingerprint density at radius 3 is 2.62 bits per heavy atom. The molecule has 0 spiro atoms. The zero-order valence-corrected chi connectivity index (χ0v) is 13.1. The van der Waals surface area contributed by atoms with Crippen LogP contribution in [0.2, 0.25) is 0 Å². The van der Waals surface area contributed by atoms with E-state index < -0.39 is 10.0 Å². The molecule has 2 heterocycles. The number of aromatic nitrogens is 1. The third kappa shape index (κ3) is 3.83. The van der Waals surface area contributed by atoms with Crippen LogP contribution in [-0.2, 0) is 16.6 Å². The standard InChI is InChI=1S/C14H19N3O3S/c1-4-15-9-12-6-8-14(20-12)21(18,19)17-13-7-5-10(2)16-11(13)3/h5-8,15,17H,4,9H2,1-3H3. The van der Waals surface area contributed by atoms with E-state index in [1.807, 2.05) is 13.8 Å². The largest absolute Gasteiger partial charge is 0.446 e. The summed E-state index contributed by atoms with van der Waals surface area (Å²) < 4.78 is 32.4. The van der Waals surface area contributed by atoms with Crippen molar-refractivity contribution in [1.82, 2.24) is 10.3 Å². The maximum atomic E-state index is 12.3. The number of hydrogen-bond acceptors (Lipinski definition) is 5. The van der Waals surface area contributed by atoms with Crippen molar-refractivity contribution in [3.63, 3.8) is 0 Å². The van der Waals surface area contributed by atoms with Gasteiger partial charge in [-0.05, 0) is 44.7 Å². The zero-order valence-electron chi connectivity index (χ0n) is 12.3. The average Bonchev–Trinajstić information content (AvgIpc) is 2.89. The van der Waals surface area contributed by atoms with Crippen molar-refractivity contribution in [2.24, 2.45) is 0 Å². The number of rotatable bonds is 6. The number of aryl methyl sites for hydroxylation is 2. The van der Waals surface area contributed by atoms with Gasteiger partial charge in [0.2, 0.25) is 5.09 Å². The van der Waals surface area contributed by atoms with E-state index in [9.17, 15) is 8.42 Å². The van der Waals surface area contributed by atoms with E-state index >= 15 is 0 Å². The Morgan fingerprint density at radius 1 is 1.19 bits per heavy atom. The van der Waals surface area contributed by atoms with Crippen molar-refractivity contribution in [2.75, 3.05) is 11.3 Å². The number of pyridine rings is 1. The summed E-state index contributed by atoms with van der Waals surface area (Å²) in [5, 5.41) is 2.97. The topological polar surface area (TPSA) is 84.2 Å². The van der Waals surface area contributed by atoms with Gasteiger partial charge in [-0.25, -0.2) is 0 Å². The van der Waals surface area contributed by atoms with Gasteiger partial charge in [0.15, 0.2) is 0 Å². The van der Waals surface area contributed by atoms with Crippen LogP contribution in [0, 0.1) is 13.8 Å². The second-order valence-electron chi connectivity index (χ2n) is 4.69. The van der Waals surface area contributed by atoms with Gasteiger partial charge in [-0.2, -0.15) is 8.42 Å². The van der Waals surface area contributed by atoms with Gasteiger partial charge in [-0.3, -0.25) is 9.71 Å². The van der Waals surface area contributed by atoms with Crippen LogP contribution in [0.25, 0.3) is 0 Å². The van der Waals surface area contributed by atoms with E-state index in [1.165, 1.54) is 6.07 Å². The van der Waals surface area contributed by atoms with Crippen molar-refractivity contribution in [1.29, 1.82) is 0 Å². The summed E-state index contributed by atoms with van der Waals surface area (Å²) in [5.74, 6) is 0.580. The van der Waals surface area contributed by atoms with Crippen LogP contribution in [0.1, 0.15) is 24.1 Å². The molecule has 6 nitrogen and oxygen atoms in total. The Labute approximate surface area is 124 Å². The molecule has 21 heavy (non-hydrogen) atoms. The van der Waals surface area contributed by atoms with Gasteiger partial charge in [0.1, 0.15) is 5.76 Å². The summed E-state index contributed by atoms with van der Waals surface area (Å²) in [6.07, 6.45) is 0. The molecule has 2 aromatic rings. The Hall–Kier alpha value is -1.86. The number of furan rings is 1. The van der Waals surface area contributed by atoms with Crippen molar-refractivity contribution >= 4 is 15.7 Å². The monoisotopic (exact) mass is 309 g/mol. The highest BCUT2D eigenvalue weighted by molar-refractivity contribution is 7.92. The molecule has 0 aliphatic heterocycles. The van der Waals surface area contributed by atoms with Gasteiger partial charge in [0.05, 0.1) is 17.9 Å². The number of sulfonamides is 1. The van der Waals surface area contributed by atoms with Gasteiger partial charge in [-0.15, -0.1) is 0 Å². The van der Waals surface area contributed by atoms with E-state index in [0.717, 1.165) is 12.2 Å². The molecule has 0 saturated heterocycles. The first-order valence-corrected chi connectivity index (χ1v) is 8.17. The maximum absolute atomic E-state index is 12.3. The summed E-state index contributed by atoms with van der Waals surface area (Å²) in [5.41, 5.74) is 1.91. The van der Waals surface area contributed by atoms with E-state index in [0.29, 0.717) is 23.7 Å². The molecule has 0 fully saturated rings. The van der Waals surface area contributed by atoms with Crippen LogP contribution >= 0.6 is 0 Å². The van der Waals surface area contributed by atoms with E-state index in [-0.39, 0.29) is 5.09 Å². The van der Waals surface area contributed by atoms with Crippen LogP contribution in [0.15, 0.2) is 33.8 Å². The minimum atomic E-state index is -3.74. The maximum Gasteiger partial charge on any atom is 0.295 e. The molecule has 7 heteroatoms. The number of nitrogens with one attached hydrogen (secondary N) is 2. The lowest BCUT2D eigenvalue weighted by atomic mass is 10.3. The summed E-state index contributed by atoms with van der Waals surface area (Å²) >= 11 is 0. The molecule has 0 atom stereocenters. The molecule has 0 aromatic carbocycles. The molecule has 0 unspecified atom stereocenters. The molecule has 0 saturated carbocycles. The van der Waals surface area contributed by atoms with Crippen LogP contribution in [-0.4, -0.2) is 19.9 Å². The third-order valence-corrected chi connectivity index (χ3v) is 4.16. The Kier molecular flexibility index (Phi) is 4.64. The number of nitrogens with zero attached hydrogens (tertiary/aromatic N) is 1. The van der Waals surface area contributed by atoms with Gasteiger partial charge >= 0.3 is 0 Å². The van der Waals surface area contributed by atoms with Crippen LogP contribution in [0.4, 0.5) is 5.69 Å². The van der Waals surface area contributed by atoms with Crippen LogP contribution < -0.4 is 10.0 Å². The Bertz CT molecular complexity index is 723. The lowest BCUT2D eigenvalue weighted by Crippen LogP contribution is -2.14. The van der Waals surface area contributed by atoms with Crippen molar-refractivity contribution in [2.45, 2.75) is 32.4 Å². The Balaban J connectivity index is 2.19. The quantitative estimate of drug-likeness (QED) is 0.854. The zero-order chi connectivity index (χ0) is 15.5.